The van der Waals surface area contributed by atoms with E-state index in [9.17, 15) is 4.79 Å². The van der Waals surface area contributed by atoms with Crippen LogP contribution in [0.5, 0.6) is 0 Å². The number of halogens is 1. The van der Waals surface area contributed by atoms with Crippen LogP contribution in [0, 0.1) is 46.3 Å². The molecule has 4 aliphatic carbocycles. The van der Waals surface area contributed by atoms with Gasteiger partial charge in [0.1, 0.15) is 0 Å². The number of hydrogen-bond acceptors (Lipinski definition) is 3. The first-order valence-corrected chi connectivity index (χ1v) is 14.3. The maximum Gasteiger partial charge on any atom is 0.157 e. The number of carbonyl (C=O) groups excluding carboxylic acids is 1. The van der Waals surface area contributed by atoms with Gasteiger partial charge in [-0.25, -0.2) is 0 Å². The highest BCUT2D eigenvalue weighted by Crippen LogP contribution is 2.67. The Bertz CT molecular complexity index is 1110. The van der Waals surface area contributed by atoms with Crippen LogP contribution >= 0.6 is 11.6 Å². The van der Waals surface area contributed by atoms with Crippen LogP contribution in [0.25, 0.3) is 10.9 Å². The van der Waals surface area contributed by atoms with E-state index in [-0.39, 0.29) is 11.3 Å². The van der Waals surface area contributed by atoms with Crippen molar-refractivity contribution in [3.63, 3.8) is 0 Å². The molecular formula is C30H41ClN2O2. The topological polar surface area (TPSA) is 44.1 Å². The van der Waals surface area contributed by atoms with Crippen LogP contribution in [0.4, 0.5) is 0 Å². The van der Waals surface area contributed by atoms with E-state index in [1.54, 1.807) is 0 Å². The van der Waals surface area contributed by atoms with Gasteiger partial charge in [0.2, 0.25) is 0 Å². The maximum atomic E-state index is 13.7. The van der Waals surface area contributed by atoms with Gasteiger partial charge in [-0.3, -0.25) is 9.48 Å². The molecule has 4 nitrogen and oxygen atoms in total. The Morgan fingerprint density at radius 2 is 1.89 bits per heavy atom. The first-order chi connectivity index (χ1) is 16.8. The first-order valence-electron chi connectivity index (χ1n) is 14.0. The second-order valence-corrected chi connectivity index (χ2v) is 13.4. The summed E-state index contributed by atoms with van der Waals surface area (Å²) in [7, 11) is 1.86. The zero-order valence-electron chi connectivity index (χ0n) is 21.6. The highest BCUT2D eigenvalue weighted by molar-refractivity contribution is 6.31. The molecule has 1 heterocycles. The first kappa shape index (κ1) is 24.0. The summed E-state index contributed by atoms with van der Waals surface area (Å²) in [5.74, 6) is 4.54. The molecule has 4 aliphatic rings. The van der Waals surface area contributed by atoms with Gasteiger partial charge >= 0.3 is 0 Å². The normalized spacial score (nSPS) is 40.8. The predicted molar refractivity (Wildman–Crippen MR) is 140 cm³/mol. The maximum absolute atomic E-state index is 13.7. The number of Topliss-reactive ketones (excluding diaryl/α,β-unsaturated/α-hetero) is 1. The second-order valence-electron chi connectivity index (χ2n) is 12.9. The number of aromatic nitrogens is 2. The summed E-state index contributed by atoms with van der Waals surface area (Å²) >= 11 is 6.14. The van der Waals surface area contributed by atoms with E-state index in [2.05, 4.69) is 18.9 Å². The molecule has 1 aromatic heterocycles. The fraction of sp³-hybridized carbons (Fsp3) is 0.733. The second kappa shape index (κ2) is 8.87. The third kappa shape index (κ3) is 3.89. The van der Waals surface area contributed by atoms with E-state index in [0.29, 0.717) is 28.7 Å². The van der Waals surface area contributed by atoms with Crippen molar-refractivity contribution in [3.8, 4) is 0 Å². The van der Waals surface area contributed by atoms with E-state index in [1.807, 2.05) is 36.2 Å². The molecule has 5 heteroatoms. The van der Waals surface area contributed by atoms with Gasteiger partial charge in [0, 0.05) is 36.2 Å². The smallest absolute Gasteiger partial charge is 0.157 e. The molecule has 35 heavy (non-hydrogen) atoms. The molecule has 4 saturated carbocycles. The standard InChI is InChI=1S/C30H41ClN2O2/c1-29-12-10-19(18-35-3)14-21(29)5-7-23-24-8-9-26(30(24,2)13-11-25(23)29)28(34)17-33-16-20-4-6-22(31)15-27(20)32-33/h4,6,15-16,19,21,23-26H,5,7-14,17-18H2,1-3H3. The van der Waals surface area contributed by atoms with Gasteiger partial charge in [0.25, 0.3) is 0 Å². The van der Waals surface area contributed by atoms with Gasteiger partial charge in [0.05, 0.1) is 12.1 Å². The van der Waals surface area contributed by atoms with Crippen molar-refractivity contribution < 1.29 is 9.53 Å². The average molecular weight is 497 g/mol. The van der Waals surface area contributed by atoms with Crippen molar-refractivity contribution in [1.82, 2.24) is 9.78 Å². The van der Waals surface area contributed by atoms with Gasteiger partial charge in [0.15, 0.2) is 5.78 Å². The lowest BCUT2D eigenvalue weighted by molar-refractivity contribution is -0.138. The average Bonchev–Trinajstić information content (AvgIpc) is 3.38. The SMILES string of the molecule is COCC1CCC2(C)C(CCC3C2CCC2(C)C(C(=O)Cn4cc5ccc(Cl)cc5n4)CCC32)C1. The van der Waals surface area contributed by atoms with Crippen LogP contribution in [0.15, 0.2) is 24.4 Å². The van der Waals surface area contributed by atoms with Crippen LogP contribution in [0.3, 0.4) is 0 Å². The zero-order valence-corrected chi connectivity index (χ0v) is 22.4. The summed E-state index contributed by atoms with van der Waals surface area (Å²) in [6, 6.07) is 5.75. The molecule has 2 aromatic rings. The minimum atomic E-state index is 0.157. The Kier molecular flexibility index (Phi) is 6.08. The number of benzene rings is 1. The Balaban J connectivity index is 1.18. The molecule has 6 rings (SSSR count). The summed E-state index contributed by atoms with van der Waals surface area (Å²) in [4.78, 5) is 13.7. The van der Waals surface area contributed by atoms with Gasteiger partial charge in [-0.2, -0.15) is 5.10 Å². The molecule has 0 radical (unpaired) electrons. The van der Waals surface area contributed by atoms with Gasteiger partial charge in [-0.1, -0.05) is 25.4 Å². The van der Waals surface area contributed by atoms with E-state index < -0.39 is 0 Å². The minimum absolute atomic E-state index is 0.157. The fourth-order valence-electron chi connectivity index (χ4n) is 9.65. The largest absolute Gasteiger partial charge is 0.384 e. The van der Waals surface area contributed by atoms with E-state index in [0.717, 1.165) is 47.6 Å². The van der Waals surface area contributed by atoms with Crippen molar-refractivity contribution in [2.24, 2.45) is 46.3 Å². The number of ketones is 1. The van der Waals surface area contributed by atoms with Crippen molar-refractivity contribution in [2.45, 2.75) is 78.2 Å². The highest BCUT2D eigenvalue weighted by atomic mass is 35.5. The Labute approximate surface area is 215 Å². The number of fused-ring (bicyclic) bond motifs is 6. The van der Waals surface area contributed by atoms with Crippen molar-refractivity contribution in [1.29, 1.82) is 0 Å². The Morgan fingerprint density at radius 1 is 1.09 bits per heavy atom. The molecule has 4 fully saturated rings. The van der Waals surface area contributed by atoms with Crippen LogP contribution in [0.2, 0.25) is 5.02 Å². The molecule has 0 aliphatic heterocycles. The van der Waals surface area contributed by atoms with E-state index in [1.165, 1.54) is 51.4 Å². The summed E-state index contributed by atoms with van der Waals surface area (Å²) in [6.07, 6.45) is 13.6. The molecule has 8 atom stereocenters. The lowest BCUT2D eigenvalue weighted by atomic mass is 9.44. The molecule has 0 amide bonds. The van der Waals surface area contributed by atoms with Gasteiger partial charge in [-0.05, 0) is 116 Å². The molecule has 0 spiro atoms. The number of carbonyl (C=O) groups is 1. The van der Waals surface area contributed by atoms with Crippen LogP contribution in [0.1, 0.15) is 71.6 Å². The van der Waals surface area contributed by atoms with Crippen molar-refractivity contribution in [2.75, 3.05) is 13.7 Å². The molecule has 190 valence electrons. The third-order valence-electron chi connectivity index (χ3n) is 11.4. The number of rotatable bonds is 5. The molecule has 8 unspecified atom stereocenters. The number of hydrogen-bond donors (Lipinski definition) is 0. The monoisotopic (exact) mass is 496 g/mol. The highest BCUT2D eigenvalue weighted by Gasteiger charge is 2.61. The Hall–Kier alpha value is -1.39. The molecule has 0 N–H and O–H groups in total. The predicted octanol–water partition coefficient (Wildman–Crippen LogP) is 7.18. The summed E-state index contributed by atoms with van der Waals surface area (Å²) in [5, 5.41) is 6.39. The van der Waals surface area contributed by atoms with E-state index in [4.69, 9.17) is 16.3 Å². The fourth-order valence-corrected chi connectivity index (χ4v) is 9.82. The third-order valence-corrected chi connectivity index (χ3v) is 11.6. The van der Waals surface area contributed by atoms with Crippen molar-refractivity contribution in [3.05, 3.63) is 29.4 Å². The summed E-state index contributed by atoms with van der Waals surface area (Å²) in [6.45, 7) is 6.41. The van der Waals surface area contributed by atoms with Crippen LogP contribution in [-0.4, -0.2) is 29.3 Å². The lowest BCUT2D eigenvalue weighted by Gasteiger charge is -2.61. The quantitative estimate of drug-likeness (QED) is 0.440. The zero-order chi connectivity index (χ0) is 24.4. The number of ether oxygens (including phenoxy) is 1. The number of nitrogens with zero attached hydrogens (tertiary/aromatic N) is 2. The van der Waals surface area contributed by atoms with Crippen LogP contribution in [-0.2, 0) is 16.1 Å². The minimum Gasteiger partial charge on any atom is -0.384 e. The van der Waals surface area contributed by atoms with Gasteiger partial charge in [-0.15, -0.1) is 0 Å². The molecule has 1 aromatic carbocycles. The Morgan fingerprint density at radius 3 is 2.71 bits per heavy atom. The molecular weight excluding hydrogens is 456 g/mol. The van der Waals surface area contributed by atoms with E-state index >= 15 is 0 Å². The lowest BCUT2D eigenvalue weighted by Crippen LogP contribution is -2.54. The van der Waals surface area contributed by atoms with Gasteiger partial charge < -0.3 is 4.74 Å². The van der Waals surface area contributed by atoms with Crippen LogP contribution < -0.4 is 0 Å². The summed E-state index contributed by atoms with van der Waals surface area (Å²) < 4.78 is 7.37. The van der Waals surface area contributed by atoms with Crippen molar-refractivity contribution >= 4 is 28.3 Å². The molecule has 0 bridgehead atoms. The summed E-state index contributed by atoms with van der Waals surface area (Å²) in [5.41, 5.74) is 1.52. The molecule has 0 saturated heterocycles. The number of methoxy groups -OCH3 is 1.